The molecule has 1 aromatic rings. The Morgan fingerprint density at radius 2 is 2.27 bits per heavy atom. The zero-order valence-electron chi connectivity index (χ0n) is 7.94. The van der Waals surface area contributed by atoms with Crippen LogP contribution in [0.4, 0.5) is 4.39 Å². The SMILES string of the molecule is O=C(O)c1ccc(CS(=O)CCCF)o1. The van der Waals surface area contributed by atoms with E-state index < -0.39 is 23.4 Å². The summed E-state index contributed by atoms with van der Waals surface area (Å²) in [7, 11) is -1.20. The summed E-state index contributed by atoms with van der Waals surface area (Å²) in [6, 6.07) is 2.78. The maximum absolute atomic E-state index is 11.8. The number of aromatic carboxylic acids is 1. The monoisotopic (exact) mass is 234 g/mol. The molecule has 15 heavy (non-hydrogen) atoms. The minimum absolute atomic E-state index is 0.132. The van der Waals surface area contributed by atoms with Crippen molar-refractivity contribution in [2.24, 2.45) is 0 Å². The molecule has 4 nitrogen and oxygen atoms in total. The third-order valence-electron chi connectivity index (χ3n) is 1.68. The molecule has 0 aliphatic heterocycles. The average Bonchev–Trinajstić information content (AvgIpc) is 2.63. The highest BCUT2D eigenvalue weighted by Crippen LogP contribution is 2.10. The third kappa shape index (κ3) is 3.83. The van der Waals surface area contributed by atoms with Crippen LogP contribution in [0.2, 0.25) is 0 Å². The fourth-order valence-corrected chi connectivity index (χ4v) is 2.06. The molecule has 1 N–H and O–H groups in total. The van der Waals surface area contributed by atoms with Gasteiger partial charge in [-0.25, -0.2) is 4.79 Å². The van der Waals surface area contributed by atoms with Crippen molar-refractivity contribution in [2.45, 2.75) is 12.2 Å². The third-order valence-corrected chi connectivity index (χ3v) is 3.03. The van der Waals surface area contributed by atoms with Crippen LogP contribution in [0, 0.1) is 0 Å². The second kappa shape index (κ2) is 5.65. The van der Waals surface area contributed by atoms with Crippen molar-refractivity contribution in [3.63, 3.8) is 0 Å². The number of hydrogen-bond acceptors (Lipinski definition) is 3. The van der Waals surface area contributed by atoms with E-state index in [0.29, 0.717) is 5.76 Å². The fraction of sp³-hybridized carbons (Fsp3) is 0.444. The number of furan rings is 1. The van der Waals surface area contributed by atoms with E-state index in [1.807, 2.05) is 0 Å². The second-order valence-corrected chi connectivity index (χ2v) is 4.48. The Labute approximate surface area is 88.5 Å². The molecular formula is C9H11FO4S. The molecule has 84 valence electrons. The summed E-state index contributed by atoms with van der Waals surface area (Å²) in [5.41, 5.74) is 0. The number of carboxylic acid groups (broad SMARTS) is 1. The molecule has 1 unspecified atom stereocenters. The normalized spacial score (nSPS) is 12.6. The molecule has 0 aliphatic carbocycles. The highest BCUT2D eigenvalue weighted by Gasteiger charge is 2.10. The van der Waals surface area contributed by atoms with Crippen LogP contribution in [0.5, 0.6) is 0 Å². The predicted molar refractivity (Wildman–Crippen MR) is 53.0 cm³/mol. The molecule has 0 saturated carbocycles. The first-order valence-electron chi connectivity index (χ1n) is 4.36. The van der Waals surface area contributed by atoms with Crippen LogP contribution in [0.25, 0.3) is 0 Å². The smallest absolute Gasteiger partial charge is 0.371 e. The lowest BCUT2D eigenvalue weighted by Gasteiger charge is -1.96. The van der Waals surface area contributed by atoms with Crippen LogP contribution in [0.15, 0.2) is 16.5 Å². The van der Waals surface area contributed by atoms with Gasteiger partial charge in [0.15, 0.2) is 0 Å². The van der Waals surface area contributed by atoms with E-state index in [1.165, 1.54) is 12.1 Å². The van der Waals surface area contributed by atoms with Crippen molar-refractivity contribution in [2.75, 3.05) is 12.4 Å². The maximum atomic E-state index is 11.8. The van der Waals surface area contributed by atoms with Gasteiger partial charge in [0.2, 0.25) is 5.76 Å². The molecule has 0 aromatic carbocycles. The number of carbonyl (C=O) groups is 1. The van der Waals surface area contributed by atoms with Crippen molar-refractivity contribution < 1.29 is 22.9 Å². The Morgan fingerprint density at radius 3 is 2.80 bits per heavy atom. The second-order valence-electron chi connectivity index (χ2n) is 2.90. The molecule has 0 aliphatic rings. The summed E-state index contributed by atoms with van der Waals surface area (Å²) >= 11 is 0. The zero-order chi connectivity index (χ0) is 11.3. The zero-order valence-corrected chi connectivity index (χ0v) is 8.76. The Bertz CT molecular complexity index is 361. The first-order valence-corrected chi connectivity index (χ1v) is 5.85. The number of alkyl halides is 1. The number of hydrogen-bond donors (Lipinski definition) is 1. The molecule has 0 radical (unpaired) electrons. The van der Waals surface area contributed by atoms with Crippen LogP contribution in [-0.4, -0.2) is 27.7 Å². The standard InChI is InChI=1S/C9H11FO4S/c10-4-1-5-15(13)6-7-2-3-8(14-7)9(11)12/h2-3H,1,4-6H2,(H,11,12). The molecule has 1 aromatic heterocycles. The molecule has 1 heterocycles. The molecule has 0 amide bonds. The Morgan fingerprint density at radius 1 is 1.53 bits per heavy atom. The summed E-state index contributed by atoms with van der Waals surface area (Å²) < 4.78 is 28.0. The fourth-order valence-electron chi connectivity index (χ4n) is 1.02. The van der Waals surface area contributed by atoms with E-state index in [9.17, 15) is 13.4 Å². The molecule has 0 bridgehead atoms. The van der Waals surface area contributed by atoms with E-state index in [1.54, 1.807) is 0 Å². The van der Waals surface area contributed by atoms with E-state index in [4.69, 9.17) is 9.52 Å². The van der Waals surface area contributed by atoms with Gasteiger partial charge >= 0.3 is 5.97 Å². The maximum Gasteiger partial charge on any atom is 0.371 e. The Kier molecular flexibility index (Phi) is 4.48. The van der Waals surface area contributed by atoms with E-state index in [2.05, 4.69) is 0 Å². The highest BCUT2D eigenvalue weighted by molar-refractivity contribution is 7.84. The average molecular weight is 234 g/mol. The molecule has 1 rings (SSSR count). The minimum atomic E-state index is -1.20. The van der Waals surface area contributed by atoms with Gasteiger partial charge in [0.05, 0.1) is 12.4 Å². The lowest BCUT2D eigenvalue weighted by molar-refractivity contribution is 0.0661. The first kappa shape index (κ1) is 11.9. The highest BCUT2D eigenvalue weighted by atomic mass is 32.2. The summed E-state index contributed by atoms with van der Waals surface area (Å²) in [5, 5.41) is 8.55. The predicted octanol–water partition coefficient (Wildman–Crippen LogP) is 1.59. The molecule has 0 saturated heterocycles. The van der Waals surface area contributed by atoms with E-state index in [-0.39, 0.29) is 23.7 Å². The van der Waals surface area contributed by atoms with Crippen molar-refractivity contribution in [1.82, 2.24) is 0 Å². The summed E-state index contributed by atoms with van der Waals surface area (Å²) in [6.07, 6.45) is 0.249. The minimum Gasteiger partial charge on any atom is -0.475 e. The lowest BCUT2D eigenvalue weighted by atomic mass is 10.4. The molecule has 1 atom stereocenters. The molecule has 6 heteroatoms. The number of halogens is 1. The number of carboxylic acids is 1. The van der Waals surface area contributed by atoms with Crippen molar-refractivity contribution in [3.05, 3.63) is 23.7 Å². The Hall–Kier alpha value is -1.17. The van der Waals surface area contributed by atoms with Gasteiger partial charge in [-0.3, -0.25) is 8.60 Å². The van der Waals surface area contributed by atoms with Crippen LogP contribution < -0.4 is 0 Å². The topological polar surface area (TPSA) is 67.5 Å². The van der Waals surface area contributed by atoms with Crippen LogP contribution in [0.3, 0.4) is 0 Å². The summed E-state index contributed by atoms with van der Waals surface area (Å²) in [6.45, 7) is -0.496. The summed E-state index contributed by atoms with van der Waals surface area (Å²) in [4.78, 5) is 10.5. The molecule has 0 spiro atoms. The first-order chi connectivity index (χ1) is 7.13. The van der Waals surface area contributed by atoms with Crippen molar-refractivity contribution >= 4 is 16.8 Å². The Balaban J connectivity index is 2.50. The van der Waals surface area contributed by atoms with E-state index >= 15 is 0 Å². The van der Waals surface area contributed by atoms with Crippen LogP contribution >= 0.6 is 0 Å². The van der Waals surface area contributed by atoms with Gasteiger partial charge in [-0.05, 0) is 18.6 Å². The van der Waals surface area contributed by atoms with Crippen molar-refractivity contribution in [1.29, 1.82) is 0 Å². The quantitative estimate of drug-likeness (QED) is 0.811. The van der Waals surface area contributed by atoms with Crippen LogP contribution in [0.1, 0.15) is 22.7 Å². The lowest BCUT2D eigenvalue weighted by Crippen LogP contribution is -2.01. The van der Waals surface area contributed by atoms with Gasteiger partial charge < -0.3 is 9.52 Å². The van der Waals surface area contributed by atoms with Gasteiger partial charge in [0, 0.05) is 16.6 Å². The molecule has 0 fully saturated rings. The van der Waals surface area contributed by atoms with Gasteiger partial charge in [0.25, 0.3) is 0 Å². The van der Waals surface area contributed by atoms with Gasteiger partial charge in [-0.15, -0.1) is 0 Å². The number of rotatable bonds is 6. The summed E-state index contributed by atoms with van der Waals surface area (Å²) in [5.74, 6) is -0.583. The van der Waals surface area contributed by atoms with Crippen molar-refractivity contribution in [3.8, 4) is 0 Å². The van der Waals surface area contributed by atoms with Gasteiger partial charge in [-0.1, -0.05) is 0 Å². The van der Waals surface area contributed by atoms with Gasteiger partial charge in [0.1, 0.15) is 5.76 Å². The van der Waals surface area contributed by atoms with Gasteiger partial charge in [-0.2, -0.15) is 0 Å². The van der Waals surface area contributed by atoms with Crippen LogP contribution in [-0.2, 0) is 16.6 Å². The van der Waals surface area contributed by atoms with E-state index in [0.717, 1.165) is 0 Å². The largest absolute Gasteiger partial charge is 0.475 e. The molecular weight excluding hydrogens is 223 g/mol.